The summed E-state index contributed by atoms with van der Waals surface area (Å²) in [6.07, 6.45) is -0.0834. The van der Waals surface area contributed by atoms with Crippen LogP contribution in [0.5, 0.6) is 0 Å². The number of carbonyl (C=O) groups excluding carboxylic acids is 3. The number of aryl methyl sites for hydroxylation is 2. The molecule has 4 rings (SSSR count). The summed E-state index contributed by atoms with van der Waals surface area (Å²) in [7, 11) is 0. The number of anilines is 2. The molecule has 0 radical (unpaired) electrons. The summed E-state index contributed by atoms with van der Waals surface area (Å²) in [5.41, 5.74) is 3.50. The van der Waals surface area contributed by atoms with Gasteiger partial charge in [-0.3, -0.25) is 19.3 Å². The van der Waals surface area contributed by atoms with Crippen molar-refractivity contribution in [3.63, 3.8) is 0 Å². The molecule has 1 atom stereocenters. The predicted octanol–water partition coefficient (Wildman–Crippen LogP) is 4.94. The molecule has 3 amide bonds. The molecule has 1 fully saturated rings. The third-order valence-electron chi connectivity index (χ3n) is 5.35. The summed E-state index contributed by atoms with van der Waals surface area (Å²) in [4.78, 5) is 42.2. The summed E-state index contributed by atoms with van der Waals surface area (Å²) in [6, 6.07) is 20.0. The van der Waals surface area contributed by atoms with Crippen molar-refractivity contribution in [3.05, 3.63) is 94.5 Å². The lowest BCUT2D eigenvalue weighted by Crippen LogP contribution is -2.45. The normalized spacial score (nSPS) is 16.0. The second-order valence-electron chi connectivity index (χ2n) is 7.64. The molecule has 0 bridgehead atoms. The van der Waals surface area contributed by atoms with E-state index in [-0.39, 0.29) is 18.2 Å². The second kappa shape index (κ2) is 8.36. The maximum absolute atomic E-state index is 13.5. The van der Waals surface area contributed by atoms with E-state index in [0.29, 0.717) is 22.0 Å². The molecule has 5 nitrogen and oxygen atoms in total. The van der Waals surface area contributed by atoms with Crippen LogP contribution in [-0.4, -0.2) is 23.8 Å². The van der Waals surface area contributed by atoms with E-state index in [4.69, 9.17) is 11.6 Å². The van der Waals surface area contributed by atoms with Crippen molar-refractivity contribution in [1.29, 1.82) is 0 Å². The second-order valence-corrected chi connectivity index (χ2v) is 8.08. The minimum atomic E-state index is -0.931. The summed E-state index contributed by atoms with van der Waals surface area (Å²) >= 11 is 5.97. The van der Waals surface area contributed by atoms with Crippen LogP contribution in [-0.2, 0) is 9.59 Å². The first-order valence-corrected chi connectivity index (χ1v) is 10.3. The fourth-order valence-corrected chi connectivity index (χ4v) is 3.78. The van der Waals surface area contributed by atoms with Gasteiger partial charge in [-0.15, -0.1) is 0 Å². The van der Waals surface area contributed by atoms with Crippen LogP contribution in [0.15, 0.2) is 72.8 Å². The van der Waals surface area contributed by atoms with Gasteiger partial charge in [-0.25, -0.2) is 4.90 Å². The molecule has 0 aromatic heterocycles. The van der Waals surface area contributed by atoms with Gasteiger partial charge in [-0.05, 0) is 62.4 Å². The van der Waals surface area contributed by atoms with Gasteiger partial charge in [0.1, 0.15) is 6.04 Å². The van der Waals surface area contributed by atoms with Gasteiger partial charge in [0.15, 0.2) is 0 Å². The number of amides is 3. The topological polar surface area (TPSA) is 57.7 Å². The smallest absolute Gasteiger partial charge is 0.259 e. The molecule has 0 saturated carbocycles. The molecule has 3 aromatic rings. The maximum Gasteiger partial charge on any atom is 0.259 e. The molecule has 156 valence electrons. The quantitative estimate of drug-likeness (QED) is 0.549. The fourth-order valence-electron chi connectivity index (χ4n) is 3.66. The molecule has 6 heteroatoms. The Morgan fingerprint density at radius 2 is 1.42 bits per heavy atom. The molecule has 1 aliphatic heterocycles. The largest absolute Gasteiger partial charge is 0.295 e. The Balaban J connectivity index is 1.74. The zero-order valence-electron chi connectivity index (χ0n) is 17.2. The van der Waals surface area contributed by atoms with Crippen LogP contribution < -0.4 is 9.80 Å². The van der Waals surface area contributed by atoms with Gasteiger partial charge in [0.2, 0.25) is 5.91 Å². The van der Waals surface area contributed by atoms with Crippen molar-refractivity contribution in [2.24, 2.45) is 0 Å². The third-order valence-corrected chi connectivity index (χ3v) is 5.60. The van der Waals surface area contributed by atoms with E-state index in [2.05, 4.69) is 0 Å². The number of hydrogen-bond donors (Lipinski definition) is 0. The van der Waals surface area contributed by atoms with Crippen molar-refractivity contribution in [2.75, 3.05) is 9.80 Å². The Morgan fingerprint density at radius 3 is 2.00 bits per heavy atom. The van der Waals surface area contributed by atoms with Crippen LogP contribution in [0.3, 0.4) is 0 Å². The summed E-state index contributed by atoms with van der Waals surface area (Å²) in [6.45, 7) is 3.88. The SMILES string of the molecule is Cc1ccc(N2C(=O)CC(N(C(=O)c3ccc(Cl)cc3)c3ccc(C)cc3)C2=O)cc1. The van der Waals surface area contributed by atoms with Gasteiger partial charge in [0.05, 0.1) is 12.1 Å². The number of benzene rings is 3. The average molecular weight is 433 g/mol. The minimum absolute atomic E-state index is 0.0834. The van der Waals surface area contributed by atoms with Crippen molar-refractivity contribution >= 4 is 40.7 Å². The molecule has 0 aliphatic carbocycles. The van der Waals surface area contributed by atoms with Crippen LogP contribution in [0.25, 0.3) is 0 Å². The molecule has 31 heavy (non-hydrogen) atoms. The standard InChI is InChI=1S/C25H21ClN2O3/c1-16-3-11-20(12-4-16)27(24(30)18-7-9-19(26)10-8-18)22-15-23(29)28(25(22)31)21-13-5-17(2)6-14-21/h3-14,22H,15H2,1-2H3. The van der Waals surface area contributed by atoms with E-state index in [0.717, 1.165) is 11.1 Å². The van der Waals surface area contributed by atoms with Crippen LogP contribution in [0, 0.1) is 13.8 Å². The molecule has 0 N–H and O–H groups in total. The summed E-state index contributed by atoms with van der Waals surface area (Å²) in [5.74, 6) is -1.12. The van der Waals surface area contributed by atoms with Gasteiger partial charge in [-0.1, -0.05) is 47.0 Å². The third kappa shape index (κ3) is 4.09. The van der Waals surface area contributed by atoms with E-state index in [1.807, 2.05) is 38.1 Å². The highest BCUT2D eigenvalue weighted by atomic mass is 35.5. The fraction of sp³-hybridized carbons (Fsp3) is 0.160. The first-order valence-electron chi connectivity index (χ1n) is 9.94. The highest BCUT2D eigenvalue weighted by Gasteiger charge is 2.45. The first-order chi connectivity index (χ1) is 14.8. The number of hydrogen-bond acceptors (Lipinski definition) is 3. The number of imide groups is 1. The number of rotatable bonds is 4. The van der Waals surface area contributed by atoms with Crippen molar-refractivity contribution < 1.29 is 14.4 Å². The van der Waals surface area contributed by atoms with Crippen LogP contribution in [0.4, 0.5) is 11.4 Å². The van der Waals surface area contributed by atoms with Crippen molar-refractivity contribution in [2.45, 2.75) is 26.3 Å². The predicted molar refractivity (Wildman–Crippen MR) is 122 cm³/mol. The summed E-state index contributed by atoms with van der Waals surface area (Å²) < 4.78 is 0. The molecule has 1 saturated heterocycles. The van der Waals surface area contributed by atoms with E-state index < -0.39 is 11.9 Å². The van der Waals surface area contributed by atoms with Crippen LogP contribution in [0.1, 0.15) is 27.9 Å². The van der Waals surface area contributed by atoms with Crippen LogP contribution in [0.2, 0.25) is 5.02 Å². The number of halogens is 1. The van der Waals surface area contributed by atoms with E-state index >= 15 is 0 Å². The Labute approximate surface area is 185 Å². The highest BCUT2D eigenvalue weighted by molar-refractivity contribution is 6.30. The van der Waals surface area contributed by atoms with Crippen LogP contribution >= 0.6 is 11.6 Å². The molecule has 1 unspecified atom stereocenters. The zero-order valence-corrected chi connectivity index (χ0v) is 18.0. The minimum Gasteiger partial charge on any atom is -0.295 e. The summed E-state index contributed by atoms with van der Waals surface area (Å²) in [5, 5.41) is 0.510. The van der Waals surface area contributed by atoms with Crippen molar-refractivity contribution in [1.82, 2.24) is 0 Å². The lowest BCUT2D eigenvalue weighted by atomic mass is 10.1. The Morgan fingerprint density at radius 1 is 0.871 bits per heavy atom. The van der Waals surface area contributed by atoms with E-state index in [1.165, 1.54) is 9.80 Å². The number of carbonyl (C=O) groups is 3. The first kappa shape index (κ1) is 20.8. The monoisotopic (exact) mass is 432 g/mol. The molecule has 1 heterocycles. The molecular weight excluding hydrogens is 412 g/mol. The van der Waals surface area contributed by atoms with Gasteiger partial charge in [0, 0.05) is 16.3 Å². The highest BCUT2D eigenvalue weighted by Crippen LogP contribution is 2.30. The van der Waals surface area contributed by atoms with Gasteiger partial charge in [-0.2, -0.15) is 0 Å². The molecule has 0 spiro atoms. The Bertz CT molecular complexity index is 1140. The average Bonchev–Trinajstić information content (AvgIpc) is 3.04. The van der Waals surface area contributed by atoms with Gasteiger partial charge < -0.3 is 0 Å². The van der Waals surface area contributed by atoms with Gasteiger partial charge in [0.25, 0.3) is 11.8 Å². The van der Waals surface area contributed by atoms with E-state index in [9.17, 15) is 14.4 Å². The lowest BCUT2D eigenvalue weighted by molar-refractivity contribution is -0.121. The molecule has 1 aliphatic rings. The molecule has 3 aromatic carbocycles. The van der Waals surface area contributed by atoms with Gasteiger partial charge >= 0.3 is 0 Å². The lowest BCUT2D eigenvalue weighted by Gasteiger charge is -2.28. The Kier molecular flexibility index (Phi) is 5.61. The number of nitrogens with zero attached hydrogens (tertiary/aromatic N) is 2. The molecular formula is C25H21ClN2O3. The zero-order chi connectivity index (χ0) is 22.1. The Hall–Kier alpha value is -3.44. The van der Waals surface area contributed by atoms with Crippen molar-refractivity contribution in [3.8, 4) is 0 Å². The maximum atomic E-state index is 13.5. The van der Waals surface area contributed by atoms with E-state index in [1.54, 1.807) is 48.5 Å².